The van der Waals surface area contributed by atoms with Gasteiger partial charge in [0, 0.05) is 5.56 Å². The van der Waals surface area contributed by atoms with E-state index in [1.54, 1.807) is 6.92 Å². The second-order valence-corrected chi connectivity index (χ2v) is 5.76. The van der Waals surface area contributed by atoms with E-state index in [0.29, 0.717) is 6.07 Å². The van der Waals surface area contributed by atoms with E-state index in [9.17, 15) is 22.7 Å². The number of hydrogen-bond acceptors (Lipinski definition) is 5. The summed E-state index contributed by atoms with van der Waals surface area (Å²) in [4.78, 5) is 7.53. The van der Waals surface area contributed by atoms with Crippen LogP contribution in [0.25, 0.3) is 0 Å². The van der Waals surface area contributed by atoms with E-state index in [2.05, 4.69) is 20.2 Å². The van der Waals surface area contributed by atoms with Crippen LogP contribution in [0, 0.1) is 5.82 Å². The highest BCUT2D eigenvalue weighted by molar-refractivity contribution is 5.31. The summed E-state index contributed by atoms with van der Waals surface area (Å²) < 4.78 is 55.5. The summed E-state index contributed by atoms with van der Waals surface area (Å²) in [7, 11) is 0. The van der Waals surface area contributed by atoms with E-state index in [0.717, 1.165) is 12.1 Å². The van der Waals surface area contributed by atoms with Gasteiger partial charge in [-0.05, 0) is 19.1 Å². The molecule has 0 aliphatic rings. The first kappa shape index (κ1) is 18.0. The van der Waals surface area contributed by atoms with Crippen molar-refractivity contribution in [2.75, 3.05) is 0 Å². The molecule has 138 valence electrons. The number of alkyl halides is 3. The Balaban J connectivity index is 2.08. The molecule has 3 aromatic rings. The third kappa shape index (κ3) is 3.29. The van der Waals surface area contributed by atoms with Crippen LogP contribution in [0.1, 0.15) is 24.1 Å². The lowest BCUT2D eigenvalue weighted by atomic mass is 9.86. The van der Waals surface area contributed by atoms with E-state index >= 15 is 0 Å². The first-order valence-electron chi connectivity index (χ1n) is 7.48. The molecule has 0 aliphatic heterocycles. The van der Waals surface area contributed by atoms with Gasteiger partial charge in [0.25, 0.3) is 0 Å². The van der Waals surface area contributed by atoms with Gasteiger partial charge in [-0.3, -0.25) is 0 Å². The quantitative estimate of drug-likeness (QED) is 0.696. The summed E-state index contributed by atoms with van der Waals surface area (Å²) in [6.07, 6.45) is 0.389. The highest BCUT2D eigenvalue weighted by atomic mass is 19.4. The SMILES string of the molecule is CC(n1cncn1)C(O)(Cn1cncn1)c1ccc(C(F)(F)F)cc1F. The average Bonchev–Trinajstić information content (AvgIpc) is 3.26. The summed E-state index contributed by atoms with van der Waals surface area (Å²) in [6.45, 7) is 1.29. The number of benzene rings is 1. The first-order valence-corrected chi connectivity index (χ1v) is 7.48. The predicted molar refractivity (Wildman–Crippen MR) is 80.1 cm³/mol. The summed E-state index contributed by atoms with van der Waals surface area (Å²) in [6, 6.07) is 1.14. The standard InChI is InChI=1S/C15H14F4N6O/c1-10(25-9-21-7-23-25)14(26,5-24-8-20-6-22-24)12-3-2-11(4-13(12)16)15(17,18)19/h2-4,6-10,26H,5H2,1H3. The van der Waals surface area contributed by atoms with Crippen molar-refractivity contribution in [3.63, 3.8) is 0 Å². The number of halogens is 4. The van der Waals surface area contributed by atoms with Gasteiger partial charge >= 0.3 is 6.18 Å². The van der Waals surface area contributed by atoms with Crippen molar-refractivity contribution in [1.82, 2.24) is 29.5 Å². The fourth-order valence-corrected chi connectivity index (χ4v) is 2.68. The van der Waals surface area contributed by atoms with Crippen LogP contribution >= 0.6 is 0 Å². The monoisotopic (exact) mass is 370 g/mol. The number of aromatic nitrogens is 6. The van der Waals surface area contributed by atoms with Crippen LogP contribution in [0.5, 0.6) is 0 Å². The molecule has 1 N–H and O–H groups in total. The van der Waals surface area contributed by atoms with Crippen LogP contribution in [0.2, 0.25) is 0 Å². The van der Waals surface area contributed by atoms with Crippen molar-refractivity contribution in [3.8, 4) is 0 Å². The lowest BCUT2D eigenvalue weighted by Gasteiger charge is -2.34. The van der Waals surface area contributed by atoms with E-state index in [4.69, 9.17) is 0 Å². The van der Waals surface area contributed by atoms with Gasteiger partial charge in [-0.1, -0.05) is 6.07 Å². The van der Waals surface area contributed by atoms with Gasteiger partial charge in [0.15, 0.2) is 0 Å². The minimum absolute atomic E-state index is 0.254. The van der Waals surface area contributed by atoms with Crippen molar-refractivity contribution >= 4 is 0 Å². The van der Waals surface area contributed by atoms with Gasteiger partial charge in [-0.25, -0.2) is 23.7 Å². The number of nitrogens with zero attached hydrogens (tertiary/aromatic N) is 6. The third-order valence-electron chi connectivity index (χ3n) is 4.16. The van der Waals surface area contributed by atoms with Gasteiger partial charge in [0.1, 0.15) is 36.7 Å². The highest BCUT2D eigenvalue weighted by Crippen LogP contribution is 2.38. The molecular formula is C15H14F4N6O. The largest absolute Gasteiger partial charge is 0.416 e. The minimum atomic E-state index is -4.69. The van der Waals surface area contributed by atoms with Gasteiger partial charge in [0.2, 0.25) is 0 Å². The summed E-state index contributed by atoms with van der Waals surface area (Å²) in [5, 5.41) is 19.1. The molecule has 11 heteroatoms. The van der Waals surface area contributed by atoms with Crippen molar-refractivity contribution in [2.24, 2.45) is 0 Å². The maximum atomic E-state index is 14.6. The zero-order chi connectivity index (χ0) is 18.9. The summed E-state index contributed by atoms with van der Waals surface area (Å²) >= 11 is 0. The molecule has 1 aromatic carbocycles. The van der Waals surface area contributed by atoms with E-state index in [1.165, 1.54) is 34.7 Å². The Morgan fingerprint density at radius 3 is 2.35 bits per heavy atom. The molecule has 0 radical (unpaired) electrons. The van der Waals surface area contributed by atoms with E-state index in [-0.39, 0.29) is 12.1 Å². The Morgan fingerprint density at radius 1 is 1.12 bits per heavy atom. The second-order valence-electron chi connectivity index (χ2n) is 5.76. The van der Waals surface area contributed by atoms with Crippen LogP contribution in [0.4, 0.5) is 17.6 Å². The lowest BCUT2D eigenvalue weighted by Crippen LogP contribution is -2.41. The number of aliphatic hydroxyl groups is 1. The second kappa shape index (κ2) is 6.48. The maximum absolute atomic E-state index is 14.6. The molecule has 0 bridgehead atoms. The number of hydrogen-bond donors (Lipinski definition) is 1. The van der Waals surface area contributed by atoms with Gasteiger partial charge in [0.05, 0.1) is 18.2 Å². The molecule has 0 spiro atoms. The molecule has 0 amide bonds. The van der Waals surface area contributed by atoms with Crippen molar-refractivity contribution in [3.05, 3.63) is 60.5 Å². The molecule has 0 aliphatic carbocycles. The molecule has 26 heavy (non-hydrogen) atoms. The van der Waals surface area contributed by atoms with Gasteiger partial charge in [-0.2, -0.15) is 23.4 Å². The van der Waals surface area contributed by atoms with Crippen molar-refractivity contribution in [1.29, 1.82) is 0 Å². The number of rotatable bonds is 5. The van der Waals surface area contributed by atoms with E-state index in [1.807, 2.05) is 0 Å². The first-order chi connectivity index (χ1) is 12.2. The van der Waals surface area contributed by atoms with Crippen LogP contribution in [-0.2, 0) is 18.3 Å². The molecule has 2 atom stereocenters. The molecule has 2 unspecified atom stereocenters. The van der Waals surface area contributed by atoms with Crippen LogP contribution in [0.15, 0.2) is 43.5 Å². The third-order valence-corrected chi connectivity index (χ3v) is 4.16. The fourth-order valence-electron chi connectivity index (χ4n) is 2.68. The molecule has 2 aromatic heterocycles. The smallest absolute Gasteiger partial charge is 0.381 e. The summed E-state index contributed by atoms with van der Waals surface area (Å²) in [5.41, 5.74) is -3.42. The lowest BCUT2D eigenvalue weighted by molar-refractivity contribution is -0.137. The van der Waals surface area contributed by atoms with Crippen molar-refractivity contribution < 1.29 is 22.7 Å². The zero-order valence-electron chi connectivity index (χ0n) is 13.5. The Bertz CT molecular complexity index is 865. The molecule has 3 rings (SSSR count). The Kier molecular flexibility index (Phi) is 4.48. The maximum Gasteiger partial charge on any atom is 0.416 e. The normalized spacial score (nSPS) is 15.6. The molecule has 0 saturated carbocycles. The molecular weight excluding hydrogens is 356 g/mol. The topological polar surface area (TPSA) is 81.6 Å². The molecule has 0 fully saturated rings. The minimum Gasteiger partial charge on any atom is -0.381 e. The highest BCUT2D eigenvalue weighted by Gasteiger charge is 2.42. The molecule has 7 nitrogen and oxygen atoms in total. The van der Waals surface area contributed by atoms with Gasteiger partial charge < -0.3 is 5.11 Å². The Labute approximate surface area is 144 Å². The Morgan fingerprint density at radius 2 is 1.81 bits per heavy atom. The fraction of sp³-hybridized carbons (Fsp3) is 0.333. The average molecular weight is 370 g/mol. The Hall–Kier alpha value is -2.82. The summed E-state index contributed by atoms with van der Waals surface area (Å²) in [5.74, 6) is -1.19. The predicted octanol–water partition coefficient (Wildman–Crippen LogP) is 2.18. The van der Waals surface area contributed by atoms with Crippen LogP contribution in [-0.4, -0.2) is 34.6 Å². The zero-order valence-corrected chi connectivity index (χ0v) is 13.5. The van der Waals surface area contributed by atoms with Crippen LogP contribution in [0.3, 0.4) is 0 Å². The molecule has 2 heterocycles. The van der Waals surface area contributed by atoms with Crippen molar-refractivity contribution in [2.45, 2.75) is 31.3 Å². The van der Waals surface area contributed by atoms with Crippen LogP contribution < -0.4 is 0 Å². The van der Waals surface area contributed by atoms with Gasteiger partial charge in [-0.15, -0.1) is 0 Å². The molecule has 0 saturated heterocycles. The van der Waals surface area contributed by atoms with E-state index < -0.39 is 29.2 Å².